The highest BCUT2D eigenvalue weighted by atomic mass is 35.5. The first-order valence-electron chi connectivity index (χ1n) is 13.6. The minimum absolute atomic E-state index is 0.0420. The first kappa shape index (κ1) is 30.1. The van der Waals surface area contributed by atoms with Gasteiger partial charge in [-0.15, -0.1) is 0 Å². The van der Waals surface area contributed by atoms with Crippen LogP contribution in [0.15, 0.2) is 18.2 Å². The molecule has 1 saturated heterocycles. The Balaban J connectivity index is 1.77. The second-order valence-electron chi connectivity index (χ2n) is 11.9. The van der Waals surface area contributed by atoms with Crippen molar-refractivity contribution in [3.05, 3.63) is 34.3 Å². The maximum Gasteiger partial charge on any atom is 0.220 e. The molecule has 200 valence electrons. The smallest absolute Gasteiger partial charge is 0.220 e. The number of nitrogens with zero attached hydrogens (tertiary/aromatic N) is 1. The SMILES string of the molecule is CCCc1cc(Cl)cc(CNC(=O)CC2CCN(CC(NC(C)OCC(C)C)C(C)(C)C)CC2)c1. The third-order valence-electron chi connectivity index (χ3n) is 6.83. The summed E-state index contributed by atoms with van der Waals surface area (Å²) in [7, 11) is 0. The molecule has 1 fully saturated rings. The molecule has 1 aromatic carbocycles. The van der Waals surface area contributed by atoms with Crippen LogP contribution in [0.2, 0.25) is 5.02 Å². The van der Waals surface area contributed by atoms with Gasteiger partial charge < -0.3 is 15.0 Å². The normalized spacial score (nSPS) is 17.5. The summed E-state index contributed by atoms with van der Waals surface area (Å²) in [6.45, 7) is 19.9. The van der Waals surface area contributed by atoms with Crippen LogP contribution in [0.4, 0.5) is 0 Å². The summed E-state index contributed by atoms with van der Waals surface area (Å²) >= 11 is 6.26. The van der Waals surface area contributed by atoms with Gasteiger partial charge in [-0.05, 0) is 79.8 Å². The number of likely N-dealkylation sites (tertiary alicyclic amines) is 1. The van der Waals surface area contributed by atoms with Gasteiger partial charge in [0.1, 0.15) is 6.23 Å². The zero-order valence-electron chi connectivity index (χ0n) is 23.3. The fraction of sp³-hybridized carbons (Fsp3) is 0.759. The van der Waals surface area contributed by atoms with Crippen LogP contribution in [0, 0.1) is 17.3 Å². The molecule has 0 radical (unpaired) electrons. The Bertz CT molecular complexity index is 770. The lowest BCUT2D eigenvalue weighted by Crippen LogP contribution is -2.53. The van der Waals surface area contributed by atoms with Crippen LogP contribution in [-0.2, 0) is 22.5 Å². The molecular formula is C29H50ClN3O2. The second kappa shape index (κ2) is 14.6. The van der Waals surface area contributed by atoms with Crippen molar-refractivity contribution in [2.24, 2.45) is 17.3 Å². The average Bonchev–Trinajstić information content (AvgIpc) is 2.76. The largest absolute Gasteiger partial charge is 0.363 e. The number of benzene rings is 1. The molecule has 0 spiro atoms. The monoisotopic (exact) mass is 507 g/mol. The van der Waals surface area contributed by atoms with Crippen molar-refractivity contribution < 1.29 is 9.53 Å². The lowest BCUT2D eigenvalue weighted by Gasteiger charge is -2.40. The minimum atomic E-state index is 0.0420. The Morgan fingerprint density at radius 3 is 2.40 bits per heavy atom. The fourth-order valence-corrected chi connectivity index (χ4v) is 4.94. The summed E-state index contributed by atoms with van der Waals surface area (Å²) in [5.41, 5.74) is 2.46. The number of carbonyl (C=O) groups is 1. The second-order valence-corrected chi connectivity index (χ2v) is 12.3. The molecule has 6 heteroatoms. The van der Waals surface area contributed by atoms with Crippen molar-refractivity contribution in [3.63, 3.8) is 0 Å². The van der Waals surface area contributed by atoms with Gasteiger partial charge in [0.2, 0.25) is 5.91 Å². The summed E-state index contributed by atoms with van der Waals surface area (Å²) < 4.78 is 5.98. The van der Waals surface area contributed by atoms with Gasteiger partial charge in [0.15, 0.2) is 0 Å². The van der Waals surface area contributed by atoms with Crippen LogP contribution in [0.25, 0.3) is 0 Å². The van der Waals surface area contributed by atoms with E-state index in [9.17, 15) is 4.79 Å². The van der Waals surface area contributed by atoms with Crippen LogP contribution in [0.3, 0.4) is 0 Å². The number of aryl methyl sites for hydroxylation is 1. The van der Waals surface area contributed by atoms with Gasteiger partial charge in [0, 0.05) is 30.6 Å². The van der Waals surface area contributed by atoms with E-state index in [4.69, 9.17) is 16.3 Å². The molecule has 0 aromatic heterocycles. The summed E-state index contributed by atoms with van der Waals surface area (Å²) in [4.78, 5) is 15.2. The third kappa shape index (κ3) is 11.6. The zero-order valence-corrected chi connectivity index (χ0v) is 24.0. The van der Waals surface area contributed by atoms with E-state index in [-0.39, 0.29) is 17.6 Å². The van der Waals surface area contributed by atoms with Gasteiger partial charge in [0.05, 0.1) is 6.61 Å². The van der Waals surface area contributed by atoms with E-state index in [0.717, 1.165) is 62.5 Å². The van der Waals surface area contributed by atoms with Gasteiger partial charge >= 0.3 is 0 Å². The highest BCUT2D eigenvalue weighted by Gasteiger charge is 2.30. The highest BCUT2D eigenvalue weighted by molar-refractivity contribution is 6.30. The van der Waals surface area contributed by atoms with E-state index < -0.39 is 0 Å². The Kier molecular flexibility index (Phi) is 12.5. The van der Waals surface area contributed by atoms with Crippen molar-refractivity contribution in [2.75, 3.05) is 26.2 Å². The predicted octanol–water partition coefficient (Wildman–Crippen LogP) is 6.03. The molecular weight excluding hydrogens is 458 g/mol. The quantitative estimate of drug-likeness (QED) is 0.320. The number of piperidine rings is 1. The van der Waals surface area contributed by atoms with E-state index in [1.54, 1.807) is 0 Å². The third-order valence-corrected chi connectivity index (χ3v) is 7.05. The Morgan fingerprint density at radius 1 is 1.14 bits per heavy atom. The van der Waals surface area contributed by atoms with E-state index in [2.05, 4.69) is 70.1 Å². The number of hydrogen-bond donors (Lipinski definition) is 2. The molecule has 2 atom stereocenters. The lowest BCUT2D eigenvalue weighted by molar-refractivity contribution is -0.122. The van der Waals surface area contributed by atoms with Crippen LogP contribution in [0.5, 0.6) is 0 Å². The van der Waals surface area contributed by atoms with E-state index in [1.807, 2.05) is 12.1 Å². The molecule has 1 aliphatic rings. The van der Waals surface area contributed by atoms with E-state index >= 15 is 0 Å². The molecule has 35 heavy (non-hydrogen) atoms. The first-order chi connectivity index (χ1) is 16.5. The van der Waals surface area contributed by atoms with Crippen LogP contribution >= 0.6 is 11.6 Å². The van der Waals surface area contributed by atoms with E-state index in [0.29, 0.717) is 30.8 Å². The molecule has 1 aliphatic heterocycles. The van der Waals surface area contributed by atoms with Gasteiger partial charge in [0.25, 0.3) is 0 Å². The van der Waals surface area contributed by atoms with Gasteiger partial charge in [-0.3, -0.25) is 10.1 Å². The molecule has 5 nitrogen and oxygen atoms in total. The van der Waals surface area contributed by atoms with Gasteiger partial charge in [-0.2, -0.15) is 0 Å². The lowest BCUT2D eigenvalue weighted by atomic mass is 9.85. The number of carbonyl (C=O) groups excluding carboxylic acids is 1. The van der Waals surface area contributed by atoms with Crippen molar-refractivity contribution >= 4 is 17.5 Å². The summed E-state index contributed by atoms with van der Waals surface area (Å²) in [5.74, 6) is 1.13. The molecule has 1 heterocycles. The molecule has 2 rings (SSSR count). The fourth-order valence-electron chi connectivity index (χ4n) is 4.66. The van der Waals surface area contributed by atoms with Crippen molar-refractivity contribution in [1.82, 2.24) is 15.5 Å². The molecule has 0 saturated carbocycles. The zero-order chi connectivity index (χ0) is 26.0. The number of ether oxygens (including phenoxy) is 1. The molecule has 2 N–H and O–H groups in total. The minimum Gasteiger partial charge on any atom is -0.363 e. The summed E-state index contributed by atoms with van der Waals surface area (Å²) in [6, 6.07) is 6.47. The number of halogens is 1. The van der Waals surface area contributed by atoms with Crippen molar-refractivity contribution in [1.29, 1.82) is 0 Å². The maximum atomic E-state index is 12.6. The van der Waals surface area contributed by atoms with Crippen molar-refractivity contribution in [3.8, 4) is 0 Å². The van der Waals surface area contributed by atoms with Crippen LogP contribution in [-0.4, -0.2) is 49.3 Å². The van der Waals surface area contributed by atoms with Crippen LogP contribution < -0.4 is 10.6 Å². The Labute approximate surface area is 219 Å². The maximum absolute atomic E-state index is 12.6. The molecule has 1 amide bonds. The number of amides is 1. The molecule has 0 aliphatic carbocycles. The Hall–Kier alpha value is -1.14. The predicted molar refractivity (Wildman–Crippen MR) is 148 cm³/mol. The average molecular weight is 508 g/mol. The molecule has 2 unspecified atom stereocenters. The number of rotatable bonds is 13. The molecule has 1 aromatic rings. The number of nitrogens with one attached hydrogen (secondary N) is 2. The first-order valence-corrected chi connectivity index (χ1v) is 14.0. The number of hydrogen-bond acceptors (Lipinski definition) is 4. The molecule has 0 bridgehead atoms. The van der Waals surface area contributed by atoms with Crippen molar-refractivity contribution in [2.45, 2.75) is 99.4 Å². The summed E-state index contributed by atoms with van der Waals surface area (Å²) in [6.07, 6.45) is 4.89. The summed E-state index contributed by atoms with van der Waals surface area (Å²) in [5, 5.41) is 7.57. The Morgan fingerprint density at radius 2 is 1.80 bits per heavy atom. The van der Waals surface area contributed by atoms with E-state index in [1.165, 1.54) is 5.56 Å². The highest BCUT2D eigenvalue weighted by Crippen LogP contribution is 2.25. The topological polar surface area (TPSA) is 53.6 Å². The van der Waals surface area contributed by atoms with Gasteiger partial charge in [-0.25, -0.2) is 0 Å². The van der Waals surface area contributed by atoms with Gasteiger partial charge in [-0.1, -0.05) is 65.6 Å². The van der Waals surface area contributed by atoms with Crippen LogP contribution in [0.1, 0.15) is 85.3 Å². The standard InChI is InChI=1S/C29H50ClN3O2/c1-8-9-24-14-25(16-26(30)15-24)18-31-28(34)17-23-10-12-33(13-11-23)19-27(29(5,6)7)32-22(4)35-20-21(2)3/h14-16,21-23,27,32H,8-13,17-20H2,1-7H3,(H,31,34).